The largest absolute Gasteiger partial charge is 0.379 e. The van der Waals surface area contributed by atoms with Gasteiger partial charge in [0, 0.05) is 32.2 Å². The van der Waals surface area contributed by atoms with Gasteiger partial charge in [-0.1, -0.05) is 17.3 Å². The summed E-state index contributed by atoms with van der Waals surface area (Å²) in [5.74, 6) is -0.608. The first-order chi connectivity index (χ1) is 11.6. The van der Waals surface area contributed by atoms with Gasteiger partial charge < -0.3 is 19.8 Å². The SMILES string of the molecule is O=C1N(Cc2ccc(F)cc2)CCC[C@@]1(O)CNCc1ccon1. The van der Waals surface area contributed by atoms with Gasteiger partial charge in [-0.25, -0.2) is 4.39 Å². The second kappa shape index (κ2) is 7.11. The molecule has 1 amide bonds. The number of halogens is 1. The molecule has 1 saturated heterocycles. The number of carbonyl (C=O) groups excluding carboxylic acids is 1. The van der Waals surface area contributed by atoms with Crippen LogP contribution in [0.4, 0.5) is 4.39 Å². The molecular weight excluding hydrogens is 313 g/mol. The molecule has 0 aliphatic carbocycles. The van der Waals surface area contributed by atoms with Gasteiger partial charge in [0.1, 0.15) is 12.1 Å². The van der Waals surface area contributed by atoms with Crippen LogP contribution >= 0.6 is 0 Å². The molecule has 1 fully saturated rings. The first-order valence-electron chi connectivity index (χ1n) is 7.93. The summed E-state index contributed by atoms with van der Waals surface area (Å²) < 4.78 is 17.7. The Morgan fingerprint density at radius 1 is 1.33 bits per heavy atom. The van der Waals surface area contributed by atoms with Crippen LogP contribution in [0.2, 0.25) is 0 Å². The van der Waals surface area contributed by atoms with Gasteiger partial charge in [-0.3, -0.25) is 4.79 Å². The van der Waals surface area contributed by atoms with Crippen LogP contribution in [0.15, 0.2) is 41.1 Å². The second-order valence-electron chi connectivity index (χ2n) is 6.08. The van der Waals surface area contributed by atoms with Crippen LogP contribution in [0.5, 0.6) is 0 Å². The van der Waals surface area contributed by atoms with Crippen molar-refractivity contribution in [3.63, 3.8) is 0 Å². The number of hydrogen-bond acceptors (Lipinski definition) is 5. The van der Waals surface area contributed by atoms with Gasteiger partial charge in [0.2, 0.25) is 0 Å². The summed E-state index contributed by atoms with van der Waals surface area (Å²) in [6, 6.07) is 7.77. The number of hydrogen-bond donors (Lipinski definition) is 2. The fraction of sp³-hybridized carbons (Fsp3) is 0.412. The summed E-state index contributed by atoms with van der Waals surface area (Å²) in [5, 5.41) is 17.5. The van der Waals surface area contributed by atoms with Crippen molar-refractivity contribution < 1.29 is 18.8 Å². The summed E-state index contributed by atoms with van der Waals surface area (Å²) >= 11 is 0. The Morgan fingerprint density at radius 3 is 2.83 bits per heavy atom. The normalized spacial score (nSPS) is 21.2. The predicted octanol–water partition coefficient (Wildman–Crippen LogP) is 1.46. The lowest BCUT2D eigenvalue weighted by Gasteiger charge is -2.38. The van der Waals surface area contributed by atoms with Gasteiger partial charge in [0.05, 0.1) is 5.69 Å². The van der Waals surface area contributed by atoms with Crippen molar-refractivity contribution in [1.82, 2.24) is 15.4 Å². The van der Waals surface area contributed by atoms with Crippen LogP contribution in [-0.2, 0) is 17.9 Å². The number of carbonyl (C=O) groups is 1. The smallest absolute Gasteiger partial charge is 0.256 e. The number of likely N-dealkylation sites (tertiary alicyclic amines) is 1. The summed E-state index contributed by atoms with van der Waals surface area (Å²) in [6.07, 6.45) is 2.61. The minimum atomic E-state index is -1.43. The fourth-order valence-corrected chi connectivity index (χ4v) is 2.92. The Balaban J connectivity index is 1.59. The molecular formula is C17H20FN3O3. The number of aromatic nitrogens is 1. The van der Waals surface area contributed by atoms with Crippen LogP contribution in [0, 0.1) is 5.82 Å². The minimum Gasteiger partial charge on any atom is -0.379 e. The van der Waals surface area contributed by atoms with E-state index in [0.29, 0.717) is 31.7 Å². The fourth-order valence-electron chi connectivity index (χ4n) is 2.92. The third-order valence-corrected chi connectivity index (χ3v) is 4.21. The van der Waals surface area contributed by atoms with E-state index in [-0.39, 0.29) is 18.3 Å². The van der Waals surface area contributed by atoms with Gasteiger partial charge in [-0.15, -0.1) is 0 Å². The number of amides is 1. The van der Waals surface area contributed by atoms with E-state index in [1.165, 1.54) is 18.4 Å². The van der Waals surface area contributed by atoms with Crippen LogP contribution in [0.25, 0.3) is 0 Å². The molecule has 0 radical (unpaired) electrons. The zero-order valence-corrected chi connectivity index (χ0v) is 13.2. The summed E-state index contributed by atoms with van der Waals surface area (Å²) in [6.45, 7) is 1.52. The van der Waals surface area contributed by atoms with E-state index in [0.717, 1.165) is 12.0 Å². The predicted molar refractivity (Wildman–Crippen MR) is 84.2 cm³/mol. The van der Waals surface area contributed by atoms with Crippen molar-refractivity contribution in [3.8, 4) is 0 Å². The molecule has 6 nitrogen and oxygen atoms in total. The second-order valence-corrected chi connectivity index (χ2v) is 6.08. The van der Waals surface area contributed by atoms with Crippen molar-refractivity contribution in [1.29, 1.82) is 0 Å². The average molecular weight is 333 g/mol. The zero-order chi connectivity index (χ0) is 17.0. The highest BCUT2D eigenvalue weighted by molar-refractivity contribution is 5.86. The number of aliphatic hydroxyl groups is 1. The van der Waals surface area contributed by atoms with E-state index >= 15 is 0 Å². The maximum atomic E-state index is 13.0. The molecule has 1 aromatic carbocycles. The lowest BCUT2D eigenvalue weighted by Crippen LogP contribution is -2.57. The van der Waals surface area contributed by atoms with Gasteiger partial charge in [0.25, 0.3) is 5.91 Å². The highest BCUT2D eigenvalue weighted by atomic mass is 19.1. The molecule has 2 heterocycles. The Bertz CT molecular complexity index is 675. The van der Waals surface area contributed by atoms with Crippen molar-refractivity contribution in [2.45, 2.75) is 31.5 Å². The van der Waals surface area contributed by atoms with Gasteiger partial charge in [-0.05, 0) is 30.5 Å². The zero-order valence-electron chi connectivity index (χ0n) is 13.2. The van der Waals surface area contributed by atoms with Crippen molar-refractivity contribution in [2.24, 2.45) is 0 Å². The number of rotatable bonds is 6. The topological polar surface area (TPSA) is 78.6 Å². The van der Waals surface area contributed by atoms with Crippen LogP contribution in [0.1, 0.15) is 24.1 Å². The number of nitrogens with one attached hydrogen (secondary N) is 1. The van der Waals surface area contributed by atoms with Crippen LogP contribution < -0.4 is 5.32 Å². The molecule has 2 aromatic rings. The molecule has 1 aliphatic rings. The Hall–Kier alpha value is -2.25. The molecule has 1 atom stereocenters. The lowest BCUT2D eigenvalue weighted by atomic mass is 9.91. The first kappa shape index (κ1) is 16.6. The van der Waals surface area contributed by atoms with Crippen LogP contribution in [0.3, 0.4) is 0 Å². The van der Waals surface area contributed by atoms with Gasteiger partial charge in [0.15, 0.2) is 5.60 Å². The monoisotopic (exact) mass is 333 g/mol. The molecule has 0 saturated carbocycles. The molecule has 0 unspecified atom stereocenters. The van der Waals surface area contributed by atoms with Crippen molar-refractivity contribution >= 4 is 5.91 Å². The molecule has 1 aliphatic heterocycles. The molecule has 1 aromatic heterocycles. The maximum absolute atomic E-state index is 13.0. The van der Waals surface area contributed by atoms with E-state index in [9.17, 15) is 14.3 Å². The van der Waals surface area contributed by atoms with E-state index in [1.54, 1.807) is 23.1 Å². The molecule has 128 valence electrons. The quantitative estimate of drug-likeness (QED) is 0.837. The summed E-state index contributed by atoms with van der Waals surface area (Å²) in [7, 11) is 0. The number of nitrogens with zero attached hydrogens (tertiary/aromatic N) is 2. The molecule has 7 heteroatoms. The highest BCUT2D eigenvalue weighted by Crippen LogP contribution is 2.24. The Kier molecular flexibility index (Phi) is 4.92. The lowest BCUT2D eigenvalue weighted by molar-refractivity contribution is -0.157. The molecule has 3 rings (SSSR count). The number of piperidine rings is 1. The Morgan fingerprint density at radius 2 is 2.12 bits per heavy atom. The van der Waals surface area contributed by atoms with Gasteiger partial charge in [-0.2, -0.15) is 0 Å². The van der Waals surface area contributed by atoms with Crippen molar-refractivity contribution in [2.75, 3.05) is 13.1 Å². The molecule has 24 heavy (non-hydrogen) atoms. The standard InChI is InChI=1S/C17H20FN3O3/c18-14-4-2-13(3-5-14)11-21-8-1-7-17(23,16(21)22)12-19-10-15-6-9-24-20-15/h2-6,9,19,23H,1,7-8,10-12H2/t17-/m1/s1. The van der Waals surface area contributed by atoms with E-state index in [4.69, 9.17) is 4.52 Å². The van der Waals surface area contributed by atoms with Gasteiger partial charge >= 0.3 is 0 Å². The highest BCUT2D eigenvalue weighted by Gasteiger charge is 2.41. The van der Waals surface area contributed by atoms with Crippen molar-refractivity contribution in [3.05, 3.63) is 53.7 Å². The van der Waals surface area contributed by atoms with Crippen LogP contribution in [-0.4, -0.2) is 39.8 Å². The van der Waals surface area contributed by atoms with E-state index < -0.39 is 5.60 Å². The average Bonchev–Trinajstić information content (AvgIpc) is 3.07. The molecule has 0 spiro atoms. The third kappa shape index (κ3) is 3.80. The van der Waals surface area contributed by atoms with E-state index in [1.807, 2.05) is 0 Å². The summed E-state index contributed by atoms with van der Waals surface area (Å²) in [4.78, 5) is 14.3. The third-order valence-electron chi connectivity index (χ3n) is 4.21. The Labute approximate surface area is 139 Å². The molecule has 2 N–H and O–H groups in total. The summed E-state index contributed by atoms with van der Waals surface area (Å²) in [5.41, 5.74) is 0.122. The first-order valence-corrected chi connectivity index (χ1v) is 7.93. The molecule has 0 bridgehead atoms. The minimum absolute atomic E-state index is 0.151. The number of benzene rings is 1. The van der Waals surface area contributed by atoms with E-state index in [2.05, 4.69) is 10.5 Å². The maximum Gasteiger partial charge on any atom is 0.256 e.